The molecule has 2 saturated carbocycles. The van der Waals surface area contributed by atoms with E-state index < -0.39 is 20.9 Å². The number of carbonyl (C=O) groups is 2. The summed E-state index contributed by atoms with van der Waals surface area (Å²) in [6, 6.07) is 7.76. The molecule has 1 aromatic carbocycles. The molecule has 0 atom stereocenters. The van der Waals surface area contributed by atoms with E-state index in [4.69, 9.17) is 9.73 Å². The maximum atomic E-state index is 13.1. The number of nitrogens with zero attached hydrogens (tertiary/aromatic N) is 1. The van der Waals surface area contributed by atoms with E-state index in [1.165, 1.54) is 45.4 Å². The average molecular weight is 449 g/mol. The first-order valence-corrected chi connectivity index (χ1v) is 12.2. The van der Waals surface area contributed by atoms with E-state index in [0.29, 0.717) is 23.4 Å². The summed E-state index contributed by atoms with van der Waals surface area (Å²) in [5, 5.41) is 3.61. The molecular weight excluding hydrogens is 419 g/mol. The number of hydrogen-bond donors (Lipinski definition) is 1. The van der Waals surface area contributed by atoms with Crippen LogP contribution >= 0.6 is 0 Å². The Hall–Kier alpha value is -1.65. The summed E-state index contributed by atoms with van der Waals surface area (Å²) in [5.74, 6) is -0.0688. The fourth-order valence-corrected chi connectivity index (χ4v) is 5.76. The van der Waals surface area contributed by atoms with Crippen molar-refractivity contribution in [2.75, 3.05) is 0 Å². The van der Waals surface area contributed by atoms with Gasteiger partial charge in [0.2, 0.25) is 0 Å². The van der Waals surface area contributed by atoms with Gasteiger partial charge in [-0.25, -0.2) is 0 Å². The molecule has 2 fully saturated rings. The number of carbonyl (C=O) groups excluding carboxylic acids is 2. The Bertz CT molecular complexity index is 707. The van der Waals surface area contributed by atoms with Gasteiger partial charge in [-0.3, -0.25) is 0 Å². The van der Waals surface area contributed by atoms with Crippen LogP contribution in [0.25, 0.3) is 0 Å². The van der Waals surface area contributed by atoms with Crippen molar-refractivity contribution in [2.24, 2.45) is 4.99 Å². The standard InChI is InChI=1S/C22H30N2O3Se/c1-16(25)27-20-15-9-8-14-19(20)21(26)28-22(23-17-10-4-2-5-11-17)24-18-12-6-3-7-13-18/h8-9,14-15,17-18H,2-7,10-13H2,1H3,(H,23,24). The molecule has 0 spiro atoms. The third-order valence-electron chi connectivity index (χ3n) is 5.36. The van der Waals surface area contributed by atoms with Gasteiger partial charge in [-0.15, -0.1) is 0 Å². The molecule has 1 aromatic rings. The van der Waals surface area contributed by atoms with Crippen LogP contribution in [0.4, 0.5) is 0 Å². The van der Waals surface area contributed by atoms with E-state index in [2.05, 4.69) is 5.32 Å². The molecule has 0 heterocycles. The second kappa shape index (κ2) is 10.8. The molecule has 0 aromatic heterocycles. The molecule has 3 rings (SSSR count). The Kier molecular flexibility index (Phi) is 8.11. The molecule has 2 aliphatic carbocycles. The monoisotopic (exact) mass is 450 g/mol. The van der Waals surface area contributed by atoms with Crippen molar-refractivity contribution in [3.05, 3.63) is 29.8 Å². The summed E-state index contributed by atoms with van der Waals surface area (Å²) in [5.41, 5.74) is 0.472. The molecular formula is C22H30N2O3Se. The van der Waals surface area contributed by atoms with E-state index >= 15 is 0 Å². The van der Waals surface area contributed by atoms with Crippen molar-refractivity contribution < 1.29 is 14.3 Å². The van der Waals surface area contributed by atoms with Gasteiger partial charge >= 0.3 is 174 Å². The Morgan fingerprint density at radius 3 is 2.32 bits per heavy atom. The molecule has 152 valence electrons. The SMILES string of the molecule is CC(=O)Oc1ccccc1C(=O)[Se]C(=NC1CCCCC1)NC1CCCCC1. The number of benzene rings is 1. The van der Waals surface area contributed by atoms with E-state index in [1.807, 2.05) is 6.07 Å². The first-order valence-electron chi connectivity index (χ1n) is 10.5. The zero-order valence-corrected chi connectivity index (χ0v) is 18.3. The predicted octanol–water partition coefficient (Wildman–Crippen LogP) is 4.07. The van der Waals surface area contributed by atoms with Crippen LogP contribution < -0.4 is 10.1 Å². The van der Waals surface area contributed by atoms with Gasteiger partial charge < -0.3 is 0 Å². The Balaban J connectivity index is 1.75. The second-order valence-corrected chi connectivity index (χ2v) is 9.70. The molecule has 0 saturated heterocycles. The molecule has 1 N–H and O–H groups in total. The number of ether oxygens (including phenoxy) is 1. The molecule has 0 unspecified atom stereocenters. The molecule has 28 heavy (non-hydrogen) atoms. The summed E-state index contributed by atoms with van der Waals surface area (Å²) in [4.78, 5) is 29.4. The van der Waals surface area contributed by atoms with Crippen LogP contribution in [0.2, 0.25) is 0 Å². The maximum absolute atomic E-state index is 13.1. The van der Waals surface area contributed by atoms with Gasteiger partial charge in [-0.1, -0.05) is 0 Å². The Labute approximate surface area is 173 Å². The number of nitrogens with one attached hydrogen (secondary N) is 1. The second-order valence-electron chi connectivity index (χ2n) is 7.68. The summed E-state index contributed by atoms with van der Waals surface area (Å²) in [6.07, 6.45) is 12.0. The predicted molar refractivity (Wildman–Crippen MR) is 112 cm³/mol. The summed E-state index contributed by atoms with van der Waals surface area (Å²) in [7, 11) is 0. The zero-order chi connectivity index (χ0) is 19.8. The van der Waals surface area contributed by atoms with Gasteiger partial charge in [-0.05, 0) is 0 Å². The average Bonchev–Trinajstić information content (AvgIpc) is 2.69. The summed E-state index contributed by atoms with van der Waals surface area (Å²) in [6.45, 7) is 1.35. The normalized spacial score (nSPS) is 19.2. The van der Waals surface area contributed by atoms with Crippen LogP contribution in [0.1, 0.15) is 81.5 Å². The molecule has 6 heteroatoms. The van der Waals surface area contributed by atoms with Crippen molar-refractivity contribution in [3.8, 4) is 5.75 Å². The van der Waals surface area contributed by atoms with Gasteiger partial charge in [0, 0.05) is 0 Å². The van der Waals surface area contributed by atoms with Crippen molar-refractivity contribution in [2.45, 2.75) is 83.2 Å². The van der Waals surface area contributed by atoms with Crippen molar-refractivity contribution in [1.29, 1.82) is 0 Å². The molecule has 0 amide bonds. The fraction of sp³-hybridized carbons (Fsp3) is 0.591. The summed E-state index contributed by atoms with van der Waals surface area (Å²) < 4.78 is 6.11. The number of rotatable bonds is 6. The van der Waals surface area contributed by atoms with Crippen LogP contribution in [-0.2, 0) is 4.79 Å². The number of para-hydroxylation sites is 1. The quantitative estimate of drug-likeness (QED) is 0.234. The van der Waals surface area contributed by atoms with Crippen LogP contribution in [-0.4, -0.2) is 42.4 Å². The molecule has 2 aliphatic rings. The number of esters is 1. The summed E-state index contributed by atoms with van der Waals surface area (Å²) >= 11 is -0.453. The molecule has 0 bridgehead atoms. The van der Waals surface area contributed by atoms with Gasteiger partial charge in [-0.2, -0.15) is 0 Å². The van der Waals surface area contributed by atoms with Crippen LogP contribution in [0.5, 0.6) is 5.75 Å². The van der Waals surface area contributed by atoms with E-state index in [0.717, 1.165) is 30.4 Å². The van der Waals surface area contributed by atoms with Crippen LogP contribution in [0, 0.1) is 0 Å². The van der Waals surface area contributed by atoms with E-state index in [9.17, 15) is 9.59 Å². The van der Waals surface area contributed by atoms with E-state index in [1.54, 1.807) is 18.2 Å². The van der Waals surface area contributed by atoms with Crippen LogP contribution in [0.3, 0.4) is 0 Å². The zero-order valence-electron chi connectivity index (χ0n) is 16.6. The third kappa shape index (κ3) is 6.46. The number of aliphatic imine (C=N–C) groups is 1. The van der Waals surface area contributed by atoms with Gasteiger partial charge in [0.05, 0.1) is 0 Å². The molecule has 0 radical (unpaired) electrons. The van der Waals surface area contributed by atoms with Gasteiger partial charge in [0.1, 0.15) is 0 Å². The Morgan fingerprint density at radius 1 is 1.00 bits per heavy atom. The number of amidine groups is 1. The van der Waals surface area contributed by atoms with Crippen molar-refractivity contribution in [1.82, 2.24) is 5.32 Å². The molecule has 5 nitrogen and oxygen atoms in total. The first kappa shape index (κ1) is 21.1. The minimum atomic E-state index is -0.453. The number of hydrogen-bond acceptors (Lipinski definition) is 4. The van der Waals surface area contributed by atoms with Crippen LogP contribution in [0.15, 0.2) is 29.3 Å². The first-order chi connectivity index (χ1) is 13.6. The molecule has 0 aliphatic heterocycles. The van der Waals surface area contributed by atoms with Crippen molar-refractivity contribution in [3.63, 3.8) is 0 Å². The van der Waals surface area contributed by atoms with Gasteiger partial charge in [0.15, 0.2) is 0 Å². The fourth-order valence-electron chi connectivity index (χ4n) is 3.91. The third-order valence-corrected chi connectivity index (χ3v) is 7.08. The van der Waals surface area contributed by atoms with E-state index in [-0.39, 0.29) is 4.68 Å². The van der Waals surface area contributed by atoms with Crippen molar-refractivity contribution >= 4 is 30.3 Å². The van der Waals surface area contributed by atoms with Gasteiger partial charge in [0.25, 0.3) is 0 Å². The topological polar surface area (TPSA) is 67.8 Å². The Morgan fingerprint density at radius 2 is 1.64 bits per heavy atom. The minimum absolute atomic E-state index is 0.00205.